The largest absolute Gasteiger partial charge is 0.480 e. The lowest BCUT2D eigenvalue weighted by Crippen LogP contribution is -2.41. The molecule has 15 heteroatoms. The lowest BCUT2D eigenvalue weighted by atomic mass is 10.0. The van der Waals surface area contributed by atoms with Crippen molar-refractivity contribution < 1.29 is 23.3 Å². The summed E-state index contributed by atoms with van der Waals surface area (Å²) in [5.41, 5.74) is 1.42. The zero-order valence-electron chi connectivity index (χ0n) is 23.4. The van der Waals surface area contributed by atoms with Crippen molar-refractivity contribution in [1.82, 2.24) is 35.9 Å². The van der Waals surface area contributed by atoms with Crippen LogP contribution in [0, 0.1) is 32.0 Å². The first-order valence-corrected chi connectivity index (χ1v) is 14.5. The van der Waals surface area contributed by atoms with Crippen molar-refractivity contribution in [1.29, 1.82) is 0 Å². The summed E-state index contributed by atoms with van der Waals surface area (Å²) >= 11 is 0. The zero-order chi connectivity index (χ0) is 31.1. The molecule has 0 saturated carbocycles. The highest BCUT2D eigenvalue weighted by molar-refractivity contribution is 7.84. The van der Waals surface area contributed by atoms with Crippen LogP contribution in [0.1, 0.15) is 46.6 Å². The SMILES string of the molecule is C#CCN(Cc1cc2c(=O)[nH]c(C)nc2cc1C)c1c(F)cccc1C(=O)NC(CCCCS(=O)c1nn[nH]n1)C(=O)O. The monoisotopic (exact) mass is 608 g/mol. The van der Waals surface area contributed by atoms with E-state index >= 15 is 4.39 Å². The van der Waals surface area contributed by atoms with Gasteiger partial charge in [-0.2, -0.15) is 5.21 Å². The van der Waals surface area contributed by atoms with Gasteiger partial charge in [-0.15, -0.1) is 11.5 Å². The number of amides is 1. The van der Waals surface area contributed by atoms with Crippen LogP contribution in [-0.2, 0) is 22.1 Å². The highest BCUT2D eigenvalue weighted by Crippen LogP contribution is 2.28. The minimum atomic E-state index is -1.50. The van der Waals surface area contributed by atoms with Gasteiger partial charge < -0.3 is 20.3 Å². The maximum absolute atomic E-state index is 15.4. The molecule has 0 spiro atoms. The summed E-state index contributed by atoms with van der Waals surface area (Å²) < 4.78 is 27.5. The first-order chi connectivity index (χ1) is 20.6. The maximum atomic E-state index is 15.4. The van der Waals surface area contributed by atoms with E-state index in [2.05, 4.69) is 41.8 Å². The van der Waals surface area contributed by atoms with E-state index in [4.69, 9.17) is 6.42 Å². The van der Waals surface area contributed by atoms with Gasteiger partial charge >= 0.3 is 5.97 Å². The number of hydrogen-bond donors (Lipinski definition) is 4. The lowest BCUT2D eigenvalue weighted by molar-refractivity contribution is -0.139. The number of unbranched alkanes of at least 4 members (excludes halogenated alkanes) is 1. The van der Waals surface area contributed by atoms with Crippen LogP contribution in [-0.4, -0.2) is 70.1 Å². The number of rotatable bonds is 13. The number of aryl methyl sites for hydroxylation is 2. The minimum absolute atomic E-state index is 0.0432. The average Bonchev–Trinajstić information content (AvgIpc) is 3.50. The van der Waals surface area contributed by atoms with Crippen LogP contribution in [0.25, 0.3) is 10.9 Å². The quantitative estimate of drug-likeness (QED) is 0.129. The normalized spacial score (nSPS) is 12.4. The number of carbonyl (C=O) groups is 2. The number of hydrogen-bond acceptors (Lipinski definition) is 9. The number of H-pyrrole nitrogens is 2. The Bertz CT molecular complexity index is 1770. The first kappa shape index (κ1) is 31.0. The van der Waals surface area contributed by atoms with E-state index in [1.807, 2.05) is 6.92 Å². The summed E-state index contributed by atoms with van der Waals surface area (Å²) in [6.45, 7) is 3.48. The fraction of sp³-hybridized carbons (Fsp3) is 0.321. The molecule has 0 aliphatic rings. The van der Waals surface area contributed by atoms with Gasteiger partial charge in [-0.1, -0.05) is 17.1 Å². The van der Waals surface area contributed by atoms with Gasteiger partial charge in [0.25, 0.3) is 16.6 Å². The molecule has 0 aliphatic carbocycles. The molecular formula is C28H29FN8O5S. The van der Waals surface area contributed by atoms with Crippen molar-refractivity contribution in [3.8, 4) is 12.3 Å². The molecule has 13 nitrogen and oxygen atoms in total. The number of nitrogens with one attached hydrogen (secondary N) is 3. The molecule has 2 aromatic carbocycles. The number of aromatic nitrogens is 6. The van der Waals surface area contributed by atoms with Crippen LogP contribution in [0.5, 0.6) is 0 Å². The van der Waals surface area contributed by atoms with Crippen molar-refractivity contribution in [3.63, 3.8) is 0 Å². The molecule has 43 heavy (non-hydrogen) atoms. The van der Waals surface area contributed by atoms with Gasteiger partial charge in [0, 0.05) is 12.3 Å². The summed E-state index contributed by atoms with van der Waals surface area (Å²) in [5, 5.41) is 25.5. The fourth-order valence-corrected chi connectivity index (χ4v) is 5.51. The van der Waals surface area contributed by atoms with E-state index in [9.17, 15) is 23.7 Å². The third-order valence-corrected chi connectivity index (χ3v) is 7.92. The molecule has 2 unspecified atom stereocenters. The number of carbonyl (C=O) groups excluding carboxylic acids is 1. The molecule has 2 aromatic heterocycles. The third-order valence-electron chi connectivity index (χ3n) is 6.68. The predicted molar refractivity (Wildman–Crippen MR) is 156 cm³/mol. The van der Waals surface area contributed by atoms with Gasteiger partial charge in [-0.25, -0.2) is 14.2 Å². The molecule has 0 radical (unpaired) electrons. The van der Waals surface area contributed by atoms with Crippen molar-refractivity contribution in [2.24, 2.45) is 0 Å². The van der Waals surface area contributed by atoms with E-state index in [0.29, 0.717) is 35.1 Å². The number of terminal acetylenes is 1. The molecular weight excluding hydrogens is 579 g/mol. The summed E-state index contributed by atoms with van der Waals surface area (Å²) in [6, 6.07) is 6.04. The second-order valence-electron chi connectivity index (χ2n) is 9.75. The minimum Gasteiger partial charge on any atom is -0.480 e. The van der Waals surface area contributed by atoms with Crippen molar-refractivity contribution in [3.05, 3.63) is 69.0 Å². The van der Waals surface area contributed by atoms with Crippen molar-refractivity contribution in [2.45, 2.75) is 50.9 Å². The number of carboxylic acid groups (broad SMARTS) is 1. The van der Waals surface area contributed by atoms with Crippen LogP contribution < -0.4 is 15.8 Å². The number of aromatic amines is 2. The second kappa shape index (κ2) is 13.8. The number of fused-ring (bicyclic) bond motifs is 1. The molecule has 224 valence electrons. The highest BCUT2D eigenvalue weighted by Gasteiger charge is 2.26. The molecule has 0 saturated heterocycles. The molecule has 2 atom stereocenters. The van der Waals surface area contributed by atoms with Crippen LogP contribution in [0.3, 0.4) is 0 Å². The molecule has 0 fully saturated rings. The molecule has 0 aliphatic heterocycles. The number of benzene rings is 2. The van der Waals surface area contributed by atoms with Crippen LogP contribution in [0.15, 0.2) is 40.3 Å². The Morgan fingerprint density at radius 2 is 2.05 bits per heavy atom. The number of aliphatic carboxylic acids is 1. The standard InChI is InChI=1S/C28H29FN8O5S/c1-4-11-37(15-18-14-20-23(13-16(18)2)30-17(3)31-26(20)39)24-19(8-7-9-21(24)29)25(38)32-22(27(40)41)10-5-6-12-43(42)28-33-35-36-34-28/h1,7-9,13-14,22H,5-6,10-12,15H2,2-3H3,(H,32,38)(H,40,41)(H,30,31,39)(H,33,34,35,36). The molecule has 4 aromatic rings. The summed E-state index contributed by atoms with van der Waals surface area (Å²) in [7, 11) is -1.50. The van der Waals surface area contributed by atoms with E-state index < -0.39 is 34.5 Å². The van der Waals surface area contributed by atoms with Gasteiger partial charge in [-0.05, 0) is 73.7 Å². The topological polar surface area (TPSA) is 187 Å². The Kier molecular flexibility index (Phi) is 9.94. The Morgan fingerprint density at radius 3 is 2.74 bits per heavy atom. The van der Waals surface area contributed by atoms with Gasteiger partial charge in [-0.3, -0.25) is 13.8 Å². The summed E-state index contributed by atoms with van der Waals surface area (Å²) in [4.78, 5) is 46.4. The Balaban J connectivity index is 1.54. The van der Waals surface area contributed by atoms with E-state index in [0.717, 1.165) is 5.56 Å². The van der Waals surface area contributed by atoms with Gasteiger partial charge in [0.15, 0.2) is 0 Å². The van der Waals surface area contributed by atoms with Crippen molar-refractivity contribution >= 4 is 39.3 Å². The van der Waals surface area contributed by atoms with Crippen LogP contribution >= 0.6 is 0 Å². The van der Waals surface area contributed by atoms with Crippen LogP contribution in [0.4, 0.5) is 10.1 Å². The molecule has 4 N–H and O–H groups in total. The molecule has 2 heterocycles. The summed E-state index contributed by atoms with van der Waals surface area (Å²) in [5.74, 6) is 0.337. The van der Waals surface area contributed by atoms with Gasteiger partial charge in [0.2, 0.25) is 0 Å². The number of halogens is 1. The maximum Gasteiger partial charge on any atom is 0.326 e. The Labute approximate surface area is 247 Å². The van der Waals surface area contributed by atoms with E-state index in [1.54, 1.807) is 19.1 Å². The number of nitrogens with zero attached hydrogens (tertiary/aromatic N) is 5. The average molecular weight is 609 g/mol. The summed E-state index contributed by atoms with van der Waals surface area (Å²) in [6.07, 6.45) is 6.37. The van der Waals surface area contributed by atoms with Gasteiger partial charge in [0.05, 0.1) is 39.5 Å². The van der Waals surface area contributed by atoms with E-state index in [1.165, 1.54) is 23.1 Å². The lowest BCUT2D eigenvalue weighted by Gasteiger charge is -2.27. The predicted octanol–water partition coefficient (Wildman–Crippen LogP) is 1.99. The van der Waals surface area contributed by atoms with Gasteiger partial charge in [0.1, 0.15) is 17.7 Å². The fourth-order valence-electron chi connectivity index (χ4n) is 4.59. The van der Waals surface area contributed by atoms with Crippen molar-refractivity contribution in [2.75, 3.05) is 17.2 Å². The Hall–Kier alpha value is -4.97. The molecule has 1 amide bonds. The number of anilines is 1. The third kappa shape index (κ3) is 7.46. The molecule has 4 rings (SSSR count). The number of carboxylic acids is 1. The van der Waals surface area contributed by atoms with Crippen LogP contribution in [0.2, 0.25) is 0 Å². The first-order valence-electron chi connectivity index (χ1n) is 13.2. The number of tetrazole rings is 1. The highest BCUT2D eigenvalue weighted by atomic mass is 32.2. The second-order valence-corrected chi connectivity index (χ2v) is 11.2. The Morgan fingerprint density at radius 1 is 1.26 bits per heavy atom. The number of para-hydroxylation sites is 1. The van der Waals surface area contributed by atoms with E-state index in [-0.39, 0.29) is 47.2 Å². The smallest absolute Gasteiger partial charge is 0.326 e. The molecule has 0 bridgehead atoms. The zero-order valence-corrected chi connectivity index (χ0v) is 24.2.